The summed E-state index contributed by atoms with van der Waals surface area (Å²) in [7, 11) is 1.70. The first kappa shape index (κ1) is 10.2. The van der Waals surface area contributed by atoms with Crippen LogP contribution in [0.5, 0.6) is 0 Å². The van der Waals surface area contributed by atoms with E-state index in [-0.39, 0.29) is 12.1 Å². The maximum Gasteiger partial charge on any atom is 0.255 e. The molecule has 2 rings (SSSR count). The maximum absolute atomic E-state index is 11.8. The van der Waals surface area contributed by atoms with Gasteiger partial charge in [-0.2, -0.15) is 0 Å². The fourth-order valence-corrected chi connectivity index (χ4v) is 2.02. The number of benzene rings is 1. The van der Waals surface area contributed by atoms with Crippen molar-refractivity contribution in [1.29, 1.82) is 0 Å². The molecule has 0 saturated carbocycles. The molecule has 0 unspecified atom stereocenters. The molecule has 78 valence electrons. The summed E-state index contributed by atoms with van der Waals surface area (Å²) in [5.74, 6) is 0. The number of hydrogen-bond acceptors (Lipinski definition) is 2. The Balaban J connectivity index is 2.98. The zero-order chi connectivity index (χ0) is 11.0. The second-order valence-corrected chi connectivity index (χ2v) is 3.82. The van der Waals surface area contributed by atoms with Crippen molar-refractivity contribution in [2.75, 3.05) is 0 Å². The number of pyridine rings is 1. The quantitative estimate of drug-likeness (QED) is 0.798. The lowest BCUT2D eigenvalue weighted by Crippen LogP contribution is -2.23. The highest BCUT2D eigenvalue weighted by molar-refractivity contribution is 6.35. The van der Waals surface area contributed by atoms with E-state index in [0.29, 0.717) is 10.6 Å². The largest absolute Gasteiger partial charge is 0.326 e. The van der Waals surface area contributed by atoms with Gasteiger partial charge in [-0.1, -0.05) is 23.7 Å². The topological polar surface area (TPSA) is 48.0 Å². The van der Waals surface area contributed by atoms with Crippen molar-refractivity contribution in [2.45, 2.75) is 6.54 Å². The van der Waals surface area contributed by atoms with Crippen molar-refractivity contribution in [2.24, 2.45) is 12.8 Å². The molecule has 0 amide bonds. The highest BCUT2D eigenvalue weighted by atomic mass is 35.5. The van der Waals surface area contributed by atoms with Gasteiger partial charge < -0.3 is 10.3 Å². The molecular weight excluding hydrogens is 212 g/mol. The standard InChI is InChI=1S/C11H11ClN2O/c1-14-10-7(3-2-4-9(10)12)5-8(6-13)11(14)15/h2-5H,6,13H2,1H3. The minimum absolute atomic E-state index is 0.0851. The van der Waals surface area contributed by atoms with E-state index < -0.39 is 0 Å². The molecule has 0 aliphatic rings. The van der Waals surface area contributed by atoms with E-state index in [0.717, 1.165) is 10.9 Å². The third kappa shape index (κ3) is 1.54. The number of rotatable bonds is 1. The monoisotopic (exact) mass is 222 g/mol. The number of para-hydroxylation sites is 1. The molecule has 4 heteroatoms. The SMILES string of the molecule is Cn1c(=O)c(CN)cc2cccc(Cl)c21. The second kappa shape index (κ2) is 3.68. The van der Waals surface area contributed by atoms with Gasteiger partial charge in [-0.3, -0.25) is 4.79 Å². The van der Waals surface area contributed by atoms with Crippen LogP contribution in [-0.4, -0.2) is 4.57 Å². The van der Waals surface area contributed by atoms with Gasteiger partial charge in [-0.05, 0) is 12.1 Å². The van der Waals surface area contributed by atoms with Crippen LogP contribution in [0.1, 0.15) is 5.56 Å². The van der Waals surface area contributed by atoms with E-state index in [1.54, 1.807) is 23.7 Å². The van der Waals surface area contributed by atoms with Crippen molar-refractivity contribution >= 4 is 22.5 Å². The van der Waals surface area contributed by atoms with Gasteiger partial charge in [0, 0.05) is 24.5 Å². The maximum atomic E-state index is 11.8. The average molecular weight is 223 g/mol. The van der Waals surface area contributed by atoms with Crippen molar-refractivity contribution in [1.82, 2.24) is 4.57 Å². The summed E-state index contributed by atoms with van der Waals surface area (Å²) in [6.45, 7) is 0.245. The molecule has 0 fully saturated rings. The number of aryl methyl sites for hydroxylation is 1. The normalized spacial score (nSPS) is 10.9. The van der Waals surface area contributed by atoms with E-state index in [9.17, 15) is 4.79 Å². The Kier molecular flexibility index (Phi) is 2.50. The molecule has 0 spiro atoms. The van der Waals surface area contributed by atoms with E-state index in [1.807, 2.05) is 12.1 Å². The highest BCUT2D eigenvalue weighted by Crippen LogP contribution is 2.21. The fraction of sp³-hybridized carbons (Fsp3) is 0.182. The summed E-state index contributed by atoms with van der Waals surface area (Å²) in [6.07, 6.45) is 0. The van der Waals surface area contributed by atoms with E-state index in [2.05, 4.69) is 0 Å². The second-order valence-electron chi connectivity index (χ2n) is 3.42. The van der Waals surface area contributed by atoms with Gasteiger partial charge in [0.25, 0.3) is 5.56 Å². The van der Waals surface area contributed by atoms with Crippen LogP contribution in [-0.2, 0) is 13.6 Å². The van der Waals surface area contributed by atoms with Crippen LogP contribution in [0.25, 0.3) is 10.9 Å². The van der Waals surface area contributed by atoms with Gasteiger partial charge in [0.15, 0.2) is 0 Å². The summed E-state index contributed by atoms with van der Waals surface area (Å²) in [6, 6.07) is 7.34. The highest BCUT2D eigenvalue weighted by Gasteiger charge is 2.07. The van der Waals surface area contributed by atoms with Gasteiger partial charge in [-0.25, -0.2) is 0 Å². The zero-order valence-corrected chi connectivity index (χ0v) is 9.08. The van der Waals surface area contributed by atoms with Gasteiger partial charge in [0.1, 0.15) is 0 Å². The molecule has 0 aliphatic heterocycles. The summed E-state index contributed by atoms with van der Waals surface area (Å²) in [5.41, 5.74) is 6.77. The van der Waals surface area contributed by atoms with Gasteiger partial charge >= 0.3 is 0 Å². The smallest absolute Gasteiger partial charge is 0.255 e. The number of nitrogens with two attached hydrogens (primary N) is 1. The molecule has 0 atom stereocenters. The Bertz CT molecular complexity index is 575. The predicted molar refractivity (Wildman–Crippen MR) is 62.1 cm³/mol. The zero-order valence-electron chi connectivity index (χ0n) is 8.33. The summed E-state index contributed by atoms with van der Waals surface area (Å²) < 4.78 is 1.54. The average Bonchev–Trinajstić information content (AvgIpc) is 2.23. The number of halogens is 1. The third-order valence-corrected chi connectivity index (χ3v) is 2.79. The summed E-state index contributed by atoms with van der Waals surface area (Å²) in [4.78, 5) is 11.8. The van der Waals surface area contributed by atoms with Crippen molar-refractivity contribution < 1.29 is 0 Å². The van der Waals surface area contributed by atoms with Crippen molar-refractivity contribution in [3.05, 3.63) is 45.2 Å². The van der Waals surface area contributed by atoms with Crippen LogP contribution in [0, 0.1) is 0 Å². The van der Waals surface area contributed by atoms with Crippen LogP contribution >= 0.6 is 11.6 Å². The van der Waals surface area contributed by atoms with Crippen molar-refractivity contribution in [3.8, 4) is 0 Å². The molecule has 0 radical (unpaired) electrons. The van der Waals surface area contributed by atoms with Crippen LogP contribution in [0.15, 0.2) is 29.1 Å². The van der Waals surface area contributed by atoms with Gasteiger partial charge in [0.05, 0.1) is 10.5 Å². The molecule has 0 saturated heterocycles. The minimum Gasteiger partial charge on any atom is -0.326 e. The number of hydrogen-bond donors (Lipinski definition) is 1. The van der Waals surface area contributed by atoms with E-state index in [4.69, 9.17) is 17.3 Å². The fourth-order valence-electron chi connectivity index (χ4n) is 1.71. The Morgan fingerprint density at radius 3 is 2.87 bits per heavy atom. The lowest BCUT2D eigenvalue weighted by atomic mass is 10.1. The Labute approximate surface area is 92.1 Å². The van der Waals surface area contributed by atoms with E-state index >= 15 is 0 Å². The minimum atomic E-state index is -0.0851. The predicted octanol–water partition coefficient (Wildman–Crippen LogP) is 1.65. The molecule has 15 heavy (non-hydrogen) atoms. The Morgan fingerprint density at radius 1 is 1.47 bits per heavy atom. The van der Waals surface area contributed by atoms with E-state index in [1.165, 1.54) is 0 Å². The molecule has 0 bridgehead atoms. The first-order valence-corrected chi connectivity index (χ1v) is 5.00. The lowest BCUT2D eigenvalue weighted by Gasteiger charge is -2.08. The molecule has 2 N–H and O–H groups in total. The Hall–Kier alpha value is -1.32. The Morgan fingerprint density at radius 2 is 2.20 bits per heavy atom. The number of fused-ring (bicyclic) bond motifs is 1. The molecule has 2 aromatic rings. The van der Waals surface area contributed by atoms with Crippen LogP contribution < -0.4 is 11.3 Å². The number of aromatic nitrogens is 1. The molecular formula is C11H11ClN2O. The number of nitrogens with zero attached hydrogens (tertiary/aromatic N) is 1. The third-order valence-electron chi connectivity index (χ3n) is 2.48. The van der Waals surface area contributed by atoms with Crippen molar-refractivity contribution in [3.63, 3.8) is 0 Å². The van der Waals surface area contributed by atoms with Crippen LogP contribution in [0.4, 0.5) is 0 Å². The first-order valence-electron chi connectivity index (χ1n) is 4.62. The lowest BCUT2D eigenvalue weighted by molar-refractivity contribution is 0.870. The molecule has 1 aromatic heterocycles. The first-order chi connectivity index (χ1) is 7.15. The van der Waals surface area contributed by atoms with Crippen LogP contribution in [0.2, 0.25) is 5.02 Å². The van der Waals surface area contributed by atoms with Crippen LogP contribution in [0.3, 0.4) is 0 Å². The molecule has 1 aromatic carbocycles. The summed E-state index contributed by atoms with van der Waals surface area (Å²) in [5, 5.41) is 1.51. The summed E-state index contributed by atoms with van der Waals surface area (Å²) >= 11 is 6.04. The molecule has 0 aliphatic carbocycles. The molecule has 1 heterocycles. The van der Waals surface area contributed by atoms with Gasteiger partial charge in [0.2, 0.25) is 0 Å². The van der Waals surface area contributed by atoms with Gasteiger partial charge in [-0.15, -0.1) is 0 Å². The molecule has 3 nitrogen and oxygen atoms in total.